The number of carbonyl (C=O) groups excluding carboxylic acids is 1. The third-order valence-electron chi connectivity index (χ3n) is 5.83. The van der Waals surface area contributed by atoms with Crippen molar-refractivity contribution in [3.05, 3.63) is 70.4 Å². The quantitative estimate of drug-likeness (QED) is 0.398. The molecule has 1 aliphatic heterocycles. The highest BCUT2D eigenvalue weighted by molar-refractivity contribution is 5.97. The minimum atomic E-state index is -0.334. The molecule has 0 unspecified atom stereocenters. The van der Waals surface area contributed by atoms with E-state index in [1.807, 2.05) is 61.5 Å². The number of aromatic amines is 1. The Bertz CT molecular complexity index is 1470. The number of anilines is 2. The number of hydrogen-bond acceptors (Lipinski definition) is 6. The van der Waals surface area contributed by atoms with Crippen LogP contribution in [0.1, 0.15) is 24.7 Å². The SMILES string of the molecule is CCNC(=O)Nc1nc2cc(-c3cc(C)n(Cc4ccccn4)c(=O)c3)cc(N3CCC=N3)c2[nH]1. The highest BCUT2D eigenvalue weighted by Crippen LogP contribution is 2.34. The first-order valence-electron chi connectivity index (χ1n) is 11.5. The van der Waals surface area contributed by atoms with E-state index in [0.717, 1.165) is 46.7 Å². The van der Waals surface area contributed by atoms with E-state index < -0.39 is 0 Å². The molecule has 0 fully saturated rings. The summed E-state index contributed by atoms with van der Waals surface area (Å²) in [4.78, 5) is 37.2. The van der Waals surface area contributed by atoms with E-state index in [1.165, 1.54) is 0 Å². The Morgan fingerprint density at radius 2 is 2.03 bits per heavy atom. The first-order valence-corrected chi connectivity index (χ1v) is 11.5. The van der Waals surface area contributed by atoms with Crippen LogP contribution in [0, 0.1) is 6.92 Å². The molecule has 0 aliphatic carbocycles. The van der Waals surface area contributed by atoms with Gasteiger partial charge in [-0.3, -0.25) is 20.1 Å². The van der Waals surface area contributed by atoms with Crippen LogP contribution < -0.4 is 21.2 Å². The summed E-state index contributed by atoms with van der Waals surface area (Å²) in [6.07, 6.45) is 4.43. The molecule has 10 heteroatoms. The van der Waals surface area contributed by atoms with Gasteiger partial charge in [-0.15, -0.1) is 0 Å². The maximum absolute atomic E-state index is 13.1. The number of hydrazone groups is 1. The molecule has 0 bridgehead atoms. The number of amides is 2. The minimum absolute atomic E-state index is 0.105. The Kier molecular flexibility index (Phi) is 6.01. The zero-order chi connectivity index (χ0) is 24.4. The van der Waals surface area contributed by atoms with Gasteiger partial charge in [0.25, 0.3) is 5.56 Å². The predicted molar refractivity (Wildman–Crippen MR) is 137 cm³/mol. The Balaban J connectivity index is 1.56. The average Bonchev–Trinajstić information content (AvgIpc) is 3.51. The Morgan fingerprint density at radius 3 is 2.74 bits per heavy atom. The minimum Gasteiger partial charge on any atom is -0.338 e. The van der Waals surface area contributed by atoms with Gasteiger partial charge in [-0.2, -0.15) is 5.10 Å². The lowest BCUT2D eigenvalue weighted by Crippen LogP contribution is -2.28. The molecule has 178 valence electrons. The number of aromatic nitrogens is 4. The molecule has 10 nitrogen and oxygen atoms in total. The summed E-state index contributed by atoms with van der Waals surface area (Å²) < 4.78 is 1.71. The molecule has 0 saturated carbocycles. The zero-order valence-electron chi connectivity index (χ0n) is 19.6. The molecular formula is C25H26N8O2. The molecule has 0 radical (unpaired) electrons. The molecule has 4 heterocycles. The molecule has 2 amide bonds. The van der Waals surface area contributed by atoms with Crippen molar-refractivity contribution < 1.29 is 4.79 Å². The summed E-state index contributed by atoms with van der Waals surface area (Å²) in [5.41, 5.74) is 5.45. The number of rotatable bonds is 6. The number of H-pyrrole nitrogens is 1. The smallest absolute Gasteiger partial charge is 0.321 e. The zero-order valence-corrected chi connectivity index (χ0v) is 19.6. The second-order valence-electron chi connectivity index (χ2n) is 8.30. The molecule has 5 rings (SSSR count). The monoisotopic (exact) mass is 470 g/mol. The van der Waals surface area contributed by atoms with Crippen molar-refractivity contribution in [1.82, 2.24) is 24.8 Å². The van der Waals surface area contributed by atoms with E-state index in [4.69, 9.17) is 0 Å². The summed E-state index contributed by atoms with van der Waals surface area (Å²) in [5.74, 6) is 0.342. The van der Waals surface area contributed by atoms with Crippen LogP contribution in [-0.2, 0) is 6.54 Å². The number of nitrogens with one attached hydrogen (secondary N) is 3. The molecule has 0 atom stereocenters. The van der Waals surface area contributed by atoms with E-state index in [1.54, 1.807) is 16.8 Å². The van der Waals surface area contributed by atoms with Gasteiger partial charge in [0.1, 0.15) is 0 Å². The average molecular weight is 471 g/mol. The highest BCUT2D eigenvalue weighted by atomic mass is 16.2. The number of benzene rings is 1. The van der Waals surface area contributed by atoms with E-state index in [0.29, 0.717) is 24.6 Å². The van der Waals surface area contributed by atoms with Gasteiger partial charge < -0.3 is 14.9 Å². The molecule has 1 aromatic carbocycles. The molecule has 3 N–H and O–H groups in total. The second kappa shape index (κ2) is 9.41. The number of fused-ring (bicyclic) bond motifs is 1. The van der Waals surface area contributed by atoms with Crippen LogP contribution in [0.4, 0.5) is 16.4 Å². The first-order chi connectivity index (χ1) is 17.0. The lowest BCUT2D eigenvalue weighted by atomic mass is 10.0. The first kappa shape index (κ1) is 22.3. The van der Waals surface area contributed by atoms with Gasteiger partial charge in [0.2, 0.25) is 5.95 Å². The van der Waals surface area contributed by atoms with Gasteiger partial charge >= 0.3 is 6.03 Å². The van der Waals surface area contributed by atoms with Gasteiger partial charge in [0.05, 0.1) is 29.0 Å². The van der Waals surface area contributed by atoms with Gasteiger partial charge in [-0.1, -0.05) is 6.07 Å². The van der Waals surface area contributed by atoms with Crippen molar-refractivity contribution in [2.24, 2.45) is 5.10 Å². The van der Waals surface area contributed by atoms with Crippen LogP contribution in [0.15, 0.2) is 58.6 Å². The van der Waals surface area contributed by atoms with Gasteiger partial charge in [-0.05, 0) is 55.3 Å². The van der Waals surface area contributed by atoms with E-state index in [2.05, 4.69) is 30.7 Å². The summed E-state index contributed by atoms with van der Waals surface area (Å²) >= 11 is 0. The van der Waals surface area contributed by atoms with Crippen LogP contribution in [0.2, 0.25) is 0 Å². The van der Waals surface area contributed by atoms with Crippen molar-refractivity contribution in [2.45, 2.75) is 26.8 Å². The number of aryl methyl sites for hydroxylation is 1. The van der Waals surface area contributed by atoms with Crippen LogP contribution in [0.3, 0.4) is 0 Å². The number of hydrogen-bond donors (Lipinski definition) is 3. The largest absolute Gasteiger partial charge is 0.338 e. The molecule has 1 aliphatic rings. The maximum Gasteiger partial charge on any atom is 0.321 e. The molecule has 0 saturated heterocycles. The molecule has 35 heavy (non-hydrogen) atoms. The topological polar surface area (TPSA) is 120 Å². The number of urea groups is 1. The van der Waals surface area contributed by atoms with Gasteiger partial charge in [0.15, 0.2) is 0 Å². The molecular weight excluding hydrogens is 444 g/mol. The summed E-state index contributed by atoms with van der Waals surface area (Å²) in [7, 11) is 0. The van der Waals surface area contributed by atoms with Crippen molar-refractivity contribution in [1.29, 1.82) is 0 Å². The second-order valence-corrected chi connectivity index (χ2v) is 8.30. The van der Waals surface area contributed by atoms with Crippen LogP contribution in [0.25, 0.3) is 22.2 Å². The van der Waals surface area contributed by atoms with E-state index in [9.17, 15) is 9.59 Å². The fourth-order valence-electron chi connectivity index (χ4n) is 4.17. The lowest BCUT2D eigenvalue weighted by molar-refractivity contribution is 0.252. The van der Waals surface area contributed by atoms with Gasteiger partial charge in [0, 0.05) is 43.7 Å². The number of pyridine rings is 2. The third kappa shape index (κ3) is 4.63. The molecule has 4 aromatic rings. The number of imidazole rings is 1. The lowest BCUT2D eigenvalue weighted by Gasteiger charge is -2.17. The summed E-state index contributed by atoms with van der Waals surface area (Å²) in [6, 6.07) is 12.9. The summed E-state index contributed by atoms with van der Waals surface area (Å²) in [5, 5.41) is 11.8. The predicted octanol–water partition coefficient (Wildman–Crippen LogP) is 3.48. The van der Waals surface area contributed by atoms with Crippen LogP contribution >= 0.6 is 0 Å². The summed E-state index contributed by atoms with van der Waals surface area (Å²) in [6.45, 7) is 5.42. The van der Waals surface area contributed by atoms with Gasteiger partial charge in [-0.25, -0.2) is 9.78 Å². The number of nitrogens with zero attached hydrogens (tertiary/aromatic N) is 5. The van der Waals surface area contributed by atoms with Crippen LogP contribution in [-0.4, -0.2) is 44.9 Å². The number of carbonyl (C=O) groups is 1. The molecule has 3 aromatic heterocycles. The van der Waals surface area contributed by atoms with Crippen LogP contribution in [0.5, 0.6) is 0 Å². The van der Waals surface area contributed by atoms with Crippen molar-refractivity contribution in [2.75, 3.05) is 23.4 Å². The fourth-order valence-corrected chi connectivity index (χ4v) is 4.17. The van der Waals surface area contributed by atoms with Crippen molar-refractivity contribution in [3.63, 3.8) is 0 Å². The Morgan fingerprint density at radius 1 is 1.17 bits per heavy atom. The molecule has 0 spiro atoms. The van der Waals surface area contributed by atoms with E-state index in [-0.39, 0.29) is 11.6 Å². The normalized spacial score (nSPS) is 12.9. The third-order valence-corrected chi connectivity index (χ3v) is 5.83. The Labute approximate surface area is 201 Å². The van der Waals surface area contributed by atoms with E-state index >= 15 is 0 Å². The maximum atomic E-state index is 13.1. The standard InChI is InChI=1S/C25H26N8O2/c1-3-26-25(35)31-24-29-20-12-18(13-21(23(20)30-24)33-10-6-9-28-33)17-11-16(2)32(22(34)14-17)15-19-7-4-5-8-27-19/h4-5,7-9,11-14H,3,6,10,15H2,1-2H3,(H3,26,29,30,31,35). The Hall–Kier alpha value is -4.47. The fraction of sp³-hybridized carbons (Fsp3) is 0.240. The van der Waals surface area contributed by atoms with Crippen molar-refractivity contribution >= 4 is 34.9 Å². The highest BCUT2D eigenvalue weighted by Gasteiger charge is 2.19. The van der Waals surface area contributed by atoms with Crippen molar-refractivity contribution in [3.8, 4) is 11.1 Å².